The summed E-state index contributed by atoms with van der Waals surface area (Å²) in [6.45, 7) is 10.6. The molecule has 0 radical (unpaired) electrons. The second-order valence-corrected chi connectivity index (χ2v) is 6.88. The molecule has 1 fully saturated rings. The number of aryl methyl sites for hydroxylation is 1. The lowest BCUT2D eigenvalue weighted by Crippen LogP contribution is -2.31. The van der Waals surface area contributed by atoms with Crippen LogP contribution in [0.3, 0.4) is 0 Å². The number of rotatable bonds is 2. The van der Waals surface area contributed by atoms with E-state index in [0.717, 1.165) is 36.3 Å². The van der Waals surface area contributed by atoms with Gasteiger partial charge in [-0.1, -0.05) is 20.8 Å². The number of hydrogen-bond donors (Lipinski definition) is 1. The summed E-state index contributed by atoms with van der Waals surface area (Å²) in [6.07, 6.45) is 1.11. The molecule has 1 aromatic rings. The van der Waals surface area contributed by atoms with Gasteiger partial charge < -0.3 is 10.2 Å². The fourth-order valence-corrected chi connectivity index (χ4v) is 2.91. The third-order valence-corrected chi connectivity index (χ3v) is 4.44. The molecule has 3 nitrogen and oxygen atoms in total. The maximum atomic E-state index is 12.6. The molecule has 2 rings (SSSR count). The normalized spacial score (nSPS) is 19.2. The average Bonchev–Trinajstić information content (AvgIpc) is 2.87. The van der Waals surface area contributed by atoms with Gasteiger partial charge in [0.25, 0.3) is 5.91 Å². The number of likely N-dealkylation sites (tertiary alicyclic amines) is 1. The summed E-state index contributed by atoms with van der Waals surface area (Å²) in [6, 6.07) is 5.89. The van der Waals surface area contributed by atoms with Gasteiger partial charge in [0.2, 0.25) is 0 Å². The molecule has 1 heterocycles. The second kappa shape index (κ2) is 5.47. The lowest BCUT2D eigenvalue weighted by molar-refractivity contribution is 0.0776. The first-order valence-corrected chi connectivity index (χ1v) is 7.40. The van der Waals surface area contributed by atoms with Gasteiger partial charge in [-0.15, -0.1) is 0 Å². The highest BCUT2D eigenvalue weighted by molar-refractivity contribution is 5.95. The maximum Gasteiger partial charge on any atom is 0.253 e. The van der Waals surface area contributed by atoms with E-state index in [1.54, 1.807) is 0 Å². The van der Waals surface area contributed by atoms with Crippen LogP contribution in [0.25, 0.3) is 0 Å². The number of anilines is 1. The van der Waals surface area contributed by atoms with Gasteiger partial charge in [0.1, 0.15) is 0 Å². The Kier molecular flexibility index (Phi) is 4.07. The molecule has 0 spiro atoms. The van der Waals surface area contributed by atoms with Crippen LogP contribution in [0, 0.1) is 18.3 Å². The predicted molar refractivity (Wildman–Crippen MR) is 84.2 cm³/mol. The molecule has 1 N–H and O–H groups in total. The number of nitrogens with one attached hydrogen (secondary N) is 1. The smallest absolute Gasteiger partial charge is 0.253 e. The van der Waals surface area contributed by atoms with Crippen molar-refractivity contribution in [2.75, 3.05) is 25.5 Å². The molecule has 3 heteroatoms. The minimum Gasteiger partial charge on any atom is -0.388 e. The molecule has 1 amide bonds. The third-order valence-electron chi connectivity index (χ3n) is 4.44. The summed E-state index contributed by atoms with van der Waals surface area (Å²) < 4.78 is 0. The molecule has 1 aliphatic heterocycles. The fourth-order valence-electron chi connectivity index (χ4n) is 2.91. The molecular weight excluding hydrogens is 248 g/mol. The van der Waals surface area contributed by atoms with Crippen molar-refractivity contribution in [1.29, 1.82) is 0 Å². The van der Waals surface area contributed by atoms with Crippen molar-refractivity contribution in [3.8, 4) is 0 Å². The molecule has 1 aliphatic rings. The lowest BCUT2D eigenvalue weighted by atomic mass is 9.80. The standard InChI is InChI=1S/C17H26N2O/c1-12-10-13(6-7-15(12)18-5)16(20)19-9-8-14(11-19)17(2,3)4/h6-7,10,14,18H,8-9,11H2,1-5H3. The van der Waals surface area contributed by atoms with Crippen LogP contribution >= 0.6 is 0 Å². The highest BCUT2D eigenvalue weighted by atomic mass is 16.2. The number of hydrogen-bond acceptors (Lipinski definition) is 2. The molecule has 1 saturated heterocycles. The summed E-state index contributed by atoms with van der Waals surface area (Å²) in [4.78, 5) is 14.6. The van der Waals surface area contributed by atoms with Gasteiger partial charge in [0.05, 0.1) is 0 Å². The van der Waals surface area contributed by atoms with Crippen molar-refractivity contribution in [1.82, 2.24) is 4.90 Å². The Morgan fingerprint density at radius 3 is 2.55 bits per heavy atom. The minimum absolute atomic E-state index is 0.169. The Labute approximate surface area is 122 Å². The lowest BCUT2D eigenvalue weighted by Gasteiger charge is -2.27. The van der Waals surface area contributed by atoms with Crippen molar-refractivity contribution >= 4 is 11.6 Å². The third kappa shape index (κ3) is 2.97. The maximum absolute atomic E-state index is 12.6. The van der Waals surface area contributed by atoms with E-state index < -0.39 is 0 Å². The van der Waals surface area contributed by atoms with E-state index in [1.165, 1.54) is 0 Å². The van der Waals surface area contributed by atoms with Gasteiger partial charge in [0.15, 0.2) is 0 Å². The first kappa shape index (κ1) is 14.9. The zero-order valence-electron chi connectivity index (χ0n) is 13.3. The summed E-state index contributed by atoms with van der Waals surface area (Å²) in [5.41, 5.74) is 3.28. The molecule has 1 unspecified atom stereocenters. The van der Waals surface area contributed by atoms with Gasteiger partial charge >= 0.3 is 0 Å². The largest absolute Gasteiger partial charge is 0.388 e. The summed E-state index contributed by atoms with van der Waals surface area (Å²) in [5.74, 6) is 0.770. The van der Waals surface area contributed by atoms with Crippen LogP contribution in [-0.4, -0.2) is 30.9 Å². The molecule has 20 heavy (non-hydrogen) atoms. The molecule has 0 aromatic heterocycles. The van der Waals surface area contributed by atoms with Crippen molar-refractivity contribution < 1.29 is 4.79 Å². The van der Waals surface area contributed by atoms with Crippen molar-refractivity contribution in [3.63, 3.8) is 0 Å². The minimum atomic E-state index is 0.169. The fraction of sp³-hybridized carbons (Fsp3) is 0.588. The van der Waals surface area contributed by atoms with Gasteiger partial charge in [-0.3, -0.25) is 4.79 Å². The molecule has 0 aliphatic carbocycles. The SMILES string of the molecule is CNc1ccc(C(=O)N2CCC(C(C)(C)C)C2)cc1C. The van der Waals surface area contributed by atoms with Crippen molar-refractivity contribution in [2.45, 2.75) is 34.1 Å². The molecule has 0 saturated carbocycles. The first-order valence-electron chi connectivity index (χ1n) is 7.40. The van der Waals surface area contributed by atoms with E-state index >= 15 is 0 Å². The summed E-state index contributed by atoms with van der Waals surface area (Å²) in [7, 11) is 1.90. The molecule has 110 valence electrons. The monoisotopic (exact) mass is 274 g/mol. The van der Waals surface area contributed by atoms with E-state index in [0.29, 0.717) is 5.92 Å². The van der Waals surface area contributed by atoms with E-state index in [2.05, 4.69) is 26.1 Å². The number of amides is 1. The second-order valence-electron chi connectivity index (χ2n) is 6.88. The molecule has 1 atom stereocenters. The Balaban J connectivity index is 2.11. The van der Waals surface area contributed by atoms with Crippen LogP contribution in [0.15, 0.2) is 18.2 Å². The van der Waals surface area contributed by atoms with Crippen molar-refractivity contribution in [2.24, 2.45) is 11.3 Å². The molecular formula is C17H26N2O. The number of nitrogens with zero attached hydrogens (tertiary/aromatic N) is 1. The Bertz CT molecular complexity index is 502. The van der Waals surface area contributed by atoms with E-state index in [1.807, 2.05) is 37.1 Å². The van der Waals surface area contributed by atoms with Crippen molar-refractivity contribution in [3.05, 3.63) is 29.3 Å². The Hall–Kier alpha value is -1.51. The van der Waals surface area contributed by atoms with Gasteiger partial charge in [-0.2, -0.15) is 0 Å². The van der Waals surface area contributed by atoms with Gasteiger partial charge in [0, 0.05) is 31.4 Å². The highest BCUT2D eigenvalue weighted by Crippen LogP contribution is 2.34. The average molecular weight is 274 g/mol. The molecule has 1 aromatic carbocycles. The van der Waals surface area contributed by atoms with Crippen LogP contribution in [0.1, 0.15) is 43.1 Å². The highest BCUT2D eigenvalue weighted by Gasteiger charge is 2.34. The zero-order valence-corrected chi connectivity index (χ0v) is 13.3. The van der Waals surface area contributed by atoms with E-state index in [9.17, 15) is 4.79 Å². The molecule has 0 bridgehead atoms. The zero-order chi connectivity index (χ0) is 14.9. The summed E-state index contributed by atoms with van der Waals surface area (Å²) in [5, 5.41) is 3.13. The van der Waals surface area contributed by atoms with E-state index in [4.69, 9.17) is 0 Å². The number of benzene rings is 1. The predicted octanol–water partition coefficient (Wildman–Crippen LogP) is 3.54. The van der Waals surface area contributed by atoms with Crippen LogP contribution in [0.4, 0.5) is 5.69 Å². The number of carbonyl (C=O) groups is 1. The van der Waals surface area contributed by atoms with Crippen LogP contribution in [0.5, 0.6) is 0 Å². The topological polar surface area (TPSA) is 32.3 Å². The van der Waals surface area contributed by atoms with Crippen LogP contribution in [-0.2, 0) is 0 Å². The quantitative estimate of drug-likeness (QED) is 0.894. The van der Waals surface area contributed by atoms with Crippen LogP contribution < -0.4 is 5.32 Å². The first-order chi connectivity index (χ1) is 9.32. The van der Waals surface area contributed by atoms with Gasteiger partial charge in [-0.25, -0.2) is 0 Å². The number of carbonyl (C=O) groups excluding carboxylic acids is 1. The summed E-state index contributed by atoms with van der Waals surface area (Å²) >= 11 is 0. The van der Waals surface area contributed by atoms with Crippen LogP contribution in [0.2, 0.25) is 0 Å². The Morgan fingerprint density at radius 2 is 2.05 bits per heavy atom. The van der Waals surface area contributed by atoms with Gasteiger partial charge in [-0.05, 0) is 48.4 Å². The van der Waals surface area contributed by atoms with E-state index in [-0.39, 0.29) is 11.3 Å². The Morgan fingerprint density at radius 1 is 1.35 bits per heavy atom.